The van der Waals surface area contributed by atoms with E-state index in [1.54, 1.807) is 0 Å². The van der Waals surface area contributed by atoms with Crippen molar-refractivity contribution in [2.45, 2.75) is 96.8 Å². The average molecular weight is 643 g/mol. The second-order valence-corrected chi connectivity index (χ2v) is 13.3. The van der Waals surface area contributed by atoms with Gasteiger partial charge >= 0.3 is 38.4 Å². The predicted molar refractivity (Wildman–Crippen MR) is 111 cm³/mol. The number of halogens is 3. The molecule has 0 aliphatic carbocycles. The minimum absolute atomic E-state index is 0. The molecule has 0 unspecified atom stereocenters. The Morgan fingerprint density at radius 1 is 0.583 bits per heavy atom. The van der Waals surface area contributed by atoms with E-state index in [-0.39, 0.29) is 17.0 Å². The van der Waals surface area contributed by atoms with Crippen molar-refractivity contribution >= 4 is 38.4 Å². The van der Waals surface area contributed by atoms with Crippen LogP contribution in [0.15, 0.2) is 0 Å². The summed E-state index contributed by atoms with van der Waals surface area (Å²) in [6.07, 6.45) is 20.4. The van der Waals surface area contributed by atoms with E-state index in [0.29, 0.717) is 0 Å². The fourth-order valence-corrected chi connectivity index (χ4v) is 2.78. The maximum atomic E-state index is 4.96. The number of quaternary nitrogens is 1. The van der Waals surface area contributed by atoms with E-state index in [4.69, 9.17) is 16.6 Å². The number of hydrogen-bond acceptors (Lipinski definition) is 0. The van der Waals surface area contributed by atoms with E-state index in [0.717, 1.165) is 4.48 Å². The van der Waals surface area contributed by atoms with Gasteiger partial charge in [-0.05, 0) is 12.8 Å². The van der Waals surface area contributed by atoms with Crippen LogP contribution in [-0.2, 0) is 0 Å². The van der Waals surface area contributed by atoms with Gasteiger partial charge in [0.15, 0.2) is 0 Å². The summed E-state index contributed by atoms with van der Waals surface area (Å²) in [6, 6.07) is 0. The van der Waals surface area contributed by atoms with Crippen molar-refractivity contribution in [3.8, 4) is 0 Å². The molecule has 5 heteroatoms. The van der Waals surface area contributed by atoms with Crippen LogP contribution in [-0.4, -0.2) is 54.0 Å². The summed E-state index contributed by atoms with van der Waals surface area (Å²) >= 11 is -0.972. The first kappa shape index (κ1) is 30.7. The van der Waals surface area contributed by atoms with Gasteiger partial charge < -0.3 is 21.5 Å². The molecule has 0 rings (SSSR count). The molecule has 0 spiro atoms. The third kappa shape index (κ3) is 35.1. The van der Waals surface area contributed by atoms with Crippen LogP contribution in [0.5, 0.6) is 0 Å². The second-order valence-electron chi connectivity index (χ2n) is 7.68. The summed E-state index contributed by atoms with van der Waals surface area (Å²) in [5.74, 6) is 0. The first-order valence-electron chi connectivity index (χ1n) is 9.74. The molecule has 24 heavy (non-hydrogen) atoms. The Hall–Kier alpha value is 1.94. The van der Waals surface area contributed by atoms with Crippen molar-refractivity contribution in [2.75, 3.05) is 27.7 Å². The summed E-state index contributed by atoms with van der Waals surface area (Å²) in [5, 5.41) is 0. The SMILES string of the molecule is CCCCCCCCCCCCCCCC[N+](C)(C)C.[Br-].[Cl][Pb][Cl]. The summed E-state index contributed by atoms with van der Waals surface area (Å²) in [4.78, 5) is 0. The quantitative estimate of drug-likeness (QED) is 0.143. The molecule has 0 saturated carbocycles. The second kappa shape index (κ2) is 24.9. The van der Waals surface area contributed by atoms with Crippen molar-refractivity contribution in [3.63, 3.8) is 0 Å². The van der Waals surface area contributed by atoms with Crippen LogP contribution in [0.2, 0.25) is 0 Å². The van der Waals surface area contributed by atoms with E-state index in [1.165, 1.54) is 96.4 Å². The minimum atomic E-state index is -0.972. The Balaban J connectivity index is -0.00000102. The van der Waals surface area contributed by atoms with Crippen molar-refractivity contribution in [1.29, 1.82) is 0 Å². The molecule has 0 aromatic carbocycles. The van der Waals surface area contributed by atoms with Crippen LogP contribution in [0.4, 0.5) is 0 Å². The zero-order valence-electron chi connectivity index (χ0n) is 16.7. The Kier molecular flexibility index (Phi) is 31.9. The van der Waals surface area contributed by atoms with Crippen molar-refractivity contribution < 1.29 is 21.5 Å². The van der Waals surface area contributed by atoms with Crippen LogP contribution in [0.1, 0.15) is 96.8 Å². The van der Waals surface area contributed by atoms with Gasteiger partial charge in [-0.15, -0.1) is 0 Å². The molecule has 0 aliphatic rings. The molecule has 0 N–H and O–H groups in total. The summed E-state index contributed by atoms with van der Waals surface area (Å²) in [5.41, 5.74) is 0. The molecule has 0 aromatic heterocycles. The molecule has 2 radical (unpaired) electrons. The summed E-state index contributed by atoms with van der Waals surface area (Å²) < 4.78 is 1.12. The van der Waals surface area contributed by atoms with Gasteiger partial charge in [0.25, 0.3) is 0 Å². The zero-order chi connectivity index (χ0) is 17.8. The molecule has 0 heterocycles. The fraction of sp³-hybridized carbons (Fsp3) is 1.00. The predicted octanol–water partition coefficient (Wildman–Crippen LogP) is 4.18. The molecule has 0 atom stereocenters. The molecule has 0 saturated heterocycles. The fourth-order valence-electron chi connectivity index (χ4n) is 2.78. The van der Waals surface area contributed by atoms with E-state index < -0.39 is 21.8 Å². The van der Waals surface area contributed by atoms with E-state index in [2.05, 4.69) is 28.1 Å². The van der Waals surface area contributed by atoms with Crippen LogP contribution < -0.4 is 17.0 Å². The Morgan fingerprint density at radius 3 is 1.08 bits per heavy atom. The number of nitrogens with zero attached hydrogens (tertiary/aromatic N) is 1. The first-order chi connectivity index (χ1) is 11.0. The first-order valence-corrected chi connectivity index (χ1v) is 19.3. The van der Waals surface area contributed by atoms with Crippen LogP contribution in [0.3, 0.4) is 0 Å². The van der Waals surface area contributed by atoms with Gasteiger partial charge in [0.05, 0.1) is 27.7 Å². The van der Waals surface area contributed by atoms with Gasteiger partial charge in [-0.2, -0.15) is 0 Å². The maximum absolute atomic E-state index is 4.96. The van der Waals surface area contributed by atoms with Crippen molar-refractivity contribution in [2.24, 2.45) is 0 Å². The van der Waals surface area contributed by atoms with Gasteiger partial charge in [0.1, 0.15) is 0 Å². The summed E-state index contributed by atoms with van der Waals surface area (Å²) in [7, 11) is 16.8. The van der Waals surface area contributed by atoms with Crippen molar-refractivity contribution in [3.05, 3.63) is 0 Å². The van der Waals surface area contributed by atoms with Crippen LogP contribution in [0.25, 0.3) is 0 Å². The standard InChI is InChI=1S/C19H42N.BrH.2ClH.Pb/c1-5-6-7-8-9-10-11-12-13-14-15-16-17-18-19-20(2,3)4;;;;/h5-19H2,1-4H3;3*1H;/q+1;;;;+2/p-3. The summed E-state index contributed by atoms with van der Waals surface area (Å²) in [6.45, 7) is 3.63. The molecule has 0 amide bonds. The van der Waals surface area contributed by atoms with E-state index >= 15 is 0 Å². The molecular weight excluding hydrogens is 600 g/mol. The average Bonchev–Trinajstić information content (AvgIpc) is 2.47. The molecule has 148 valence electrons. The number of hydrogen-bond donors (Lipinski definition) is 0. The van der Waals surface area contributed by atoms with Crippen molar-refractivity contribution in [1.82, 2.24) is 0 Å². The van der Waals surface area contributed by atoms with Gasteiger partial charge in [0, 0.05) is 0 Å². The van der Waals surface area contributed by atoms with Gasteiger partial charge in [0.2, 0.25) is 0 Å². The Morgan fingerprint density at radius 2 is 0.833 bits per heavy atom. The third-order valence-electron chi connectivity index (χ3n) is 4.18. The zero-order valence-corrected chi connectivity index (χ0v) is 23.7. The molecule has 0 bridgehead atoms. The van der Waals surface area contributed by atoms with Crippen LogP contribution >= 0.6 is 16.6 Å². The monoisotopic (exact) mass is 641 g/mol. The van der Waals surface area contributed by atoms with Gasteiger partial charge in [-0.3, -0.25) is 0 Å². The number of unbranched alkanes of at least 4 members (excludes halogenated alkanes) is 13. The Labute approximate surface area is 183 Å². The number of rotatable bonds is 15. The molecule has 0 fully saturated rings. The van der Waals surface area contributed by atoms with Gasteiger partial charge in [-0.1, -0.05) is 84.0 Å². The van der Waals surface area contributed by atoms with E-state index in [9.17, 15) is 0 Å². The topological polar surface area (TPSA) is 0 Å². The van der Waals surface area contributed by atoms with Gasteiger partial charge in [-0.25, -0.2) is 0 Å². The molecule has 0 aliphatic heterocycles. The Bertz CT molecular complexity index is 214. The molecule has 0 aromatic rings. The third-order valence-corrected chi connectivity index (χ3v) is 4.18. The molecular formula is C19H42BrCl2NPb. The normalized spacial score (nSPS) is 10.8. The molecule has 1 nitrogen and oxygen atoms in total. The van der Waals surface area contributed by atoms with Crippen LogP contribution in [0, 0.1) is 0 Å². The van der Waals surface area contributed by atoms with E-state index in [1.807, 2.05) is 0 Å².